The van der Waals surface area contributed by atoms with Gasteiger partial charge in [-0.25, -0.2) is 0 Å². The Bertz CT molecular complexity index is 59.7. The normalized spacial score (nSPS) is 10.8. The molecule has 0 saturated carbocycles. The lowest BCUT2D eigenvalue weighted by atomic mass is 10.2. The van der Waals surface area contributed by atoms with Crippen LogP contribution in [0.5, 0.6) is 0 Å². The van der Waals surface area contributed by atoms with Gasteiger partial charge in [0.15, 0.2) is 0 Å². The van der Waals surface area contributed by atoms with E-state index in [-0.39, 0.29) is 0 Å². The molecule has 1 unspecified atom stereocenters. The molecule has 0 heterocycles. The first kappa shape index (κ1) is 9.96. The van der Waals surface area contributed by atoms with Crippen molar-refractivity contribution in [3.05, 3.63) is 6.92 Å². The van der Waals surface area contributed by atoms with E-state index in [4.69, 9.17) is 0 Å². The van der Waals surface area contributed by atoms with Gasteiger partial charge in [-0.2, -0.15) is 0 Å². The van der Waals surface area contributed by atoms with E-state index < -0.39 is 0 Å². The van der Waals surface area contributed by atoms with Crippen LogP contribution in [0.15, 0.2) is 0 Å². The fraction of sp³-hybridized carbons (Fsp3) is 0.889. The van der Waals surface area contributed by atoms with Crippen molar-refractivity contribution in [3.63, 3.8) is 0 Å². The Morgan fingerprint density at radius 3 is 2.50 bits per heavy atom. The van der Waals surface area contributed by atoms with Gasteiger partial charge in [0.2, 0.25) is 0 Å². The number of unbranched alkanes of at least 4 members (excludes halogenated alkanes) is 3. The van der Waals surface area contributed by atoms with Crippen molar-refractivity contribution in [2.45, 2.75) is 45.6 Å². The zero-order valence-electron chi connectivity index (χ0n) is 7.32. The van der Waals surface area contributed by atoms with Crippen LogP contribution in [-0.4, -0.2) is 12.6 Å². The molecular weight excluding hydrogens is 122 g/mol. The standard InChI is InChI=1S/C9H20N/c1-4-5-6-7-8-10-9(2)3/h9-10H,2,4-8H2,1,3H3. The van der Waals surface area contributed by atoms with Crippen LogP contribution in [-0.2, 0) is 0 Å². The van der Waals surface area contributed by atoms with Crippen LogP contribution in [0.4, 0.5) is 0 Å². The smallest absolute Gasteiger partial charge is 0.00393 e. The molecule has 1 atom stereocenters. The minimum absolute atomic E-state index is 0.404. The van der Waals surface area contributed by atoms with E-state index in [1.807, 2.05) is 0 Å². The summed E-state index contributed by atoms with van der Waals surface area (Å²) in [6.45, 7) is 9.29. The Balaban J connectivity index is 2.77. The third-order valence-electron chi connectivity index (χ3n) is 1.52. The third-order valence-corrected chi connectivity index (χ3v) is 1.52. The zero-order valence-corrected chi connectivity index (χ0v) is 7.32. The molecule has 1 N–H and O–H groups in total. The number of hydrogen-bond donors (Lipinski definition) is 1. The van der Waals surface area contributed by atoms with Crippen molar-refractivity contribution in [1.82, 2.24) is 5.32 Å². The van der Waals surface area contributed by atoms with Crippen molar-refractivity contribution in [3.8, 4) is 0 Å². The summed E-state index contributed by atoms with van der Waals surface area (Å²) in [4.78, 5) is 0. The van der Waals surface area contributed by atoms with Gasteiger partial charge in [-0.15, -0.1) is 0 Å². The summed E-state index contributed by atoms with van der Waals surface area (Å²) in [5, 5.41) is 3.29. The van der Waals surface area contributed by atoms with Crippen LogP contribution in [0.25, 0.3) is 0 Å². The minimum Gasteiger partial charge on any atom is -0.314 e. The van der Waals surface area contributed by atoms with E-state index in [0.717, 1.165) is 6.54 Å². The fourth-order valence-corrected chi connectivity index (χ4v) is 0.900. The highest BCUT2D eigenvalue weighted by Gasteiger charge is 1.90. The molecule has 0 aliphatic carbocycles. The summed E-state index contributed by atoms with van der Waals surface area (Å²) in [7, 11) is 0. The molecule has 0 fully saturated rings. The topological polar surface area (TPSA) is 12.0 Å². The lowest BCUT2D eigenvalue weighted by molar-refractivity contribution is 0.570. The fourth-order valence-electron chi connectivity index (χ4n) is 0.900. The predicted molar refractivity (Wildman–Crippen MR) is 47.0 cm³/mol. The highest BCUT2D eigenvalue weighted by molar-refractivity contribution is 4.60. The van der Waals surface area contributed by atoms with E-state index in [1.54, 1.807) is 0 Å². The molecule has 1 radical (unpaired) electrons. The lowest BCUT2D eigenvalue weighted by Crippen LogP contribution is -2.23. The maximum absolute atomic E-state index is 3.85. The molecule has 1 heteroatoms. The van der Waals surface area contributed by atoms with Crippen molar-refractivity contribution < 1.29 is 0 Å². The summed E-state index contributed by atoms with van der Waals surface area (Å²) in [5.41, 5.74) is 0. The van der Waals surface area contributed by atoms with Crippen LogP contribution in [0.2, 0.25) is 0 Å². The Hall–Kier alpha value is -0.0400. The van der Waals surface area contributed by atoms with Gasteiger partial charge in [0.05, 0.1) is 0 Å². The molecule has 0 aliphatic heterocycles. The molecule has 0 rings (SSSR count). The molecule has 0 aliphatic rings. The van der Waals surface area contributed by atoms with Crippen LogP contribution >= 0.6 is 0 Å². The molecule has 10 heavy (non-hydrogen) atoms. The molecule has 0 bridgehead atoms. The summed E-state index contributed by atoms with van der Waals surface area (Å²) in [6, 6.07) is 0.404. The van der Waals surface area contributed by atoms with Gasteiger partial charge < -0.3 is 5.32 Å². The SMILES string of the molecule is [CH2]C(C)NCCCCCC. The molecule has 0 spiro atoms. The highest BCUT2D eigenvalue weighted by atomic mass is 14.9. The molecule has 0 amide bonds. The van der Waals surface area contributed by atoms with Crippen molar-refractivity contribution in [1.29, 1.82) is 0 Å². The van der Waals surface area contributed by atoms with Gasteiger partial charge in [0, 0.05) is 6.04 Å². The lowest BCUT2D eigenvalue weighted by Gasteiger charge is -2.06. The monoisotopic (exact) mass is 142 g/mol. The Kier molecular flexibility index (Phi) is 7.04. The van der Waals surface area contributed by atoms with Crippen molar-refractivity contribution in [2.75, 3.05) is 6.54 Å². The summed E-state index contributed by atoms with van der Waals surface area (Å²) in [5.74, 6) is 0. The maximum Gasteiger partial charge on any atom is 0.00393 e. The quantitative estimate of drug-likeness (QED) is 0.561. The van der Waals surface area contributed by atoms with Gasteiger partial charge in [0.25, 0.3) is 0 Å². The molecule has 1 nitrogen and oxygen atoms in total. The van der Waals surface area contributed by atoms with E-state index in [9.17, 15) is 0 Å². The minimum atomic E-state index is 0.404. The maximum atomic E-state index is 3.85. The Labute approximate surface area is 65.2 Å². The molecule has 0 aromatic heterocycles. The van der Waals surface area contributed by atoms with Gasteiger partial charge in [-0.3, -0.25) is 0 Å². The average Bonchev–Trinajstić information content (AvgIpc) is 1.87. The van der Waals surface area contributed by atoms with Gasteiger partial charge in [0.1, 0.15) is 0 Å². The number of hydrogen-bond acceptors (Lipinski definition) is 1. The van der Waals surface area contributed by atoms with Gasteiger partial charge in [-0.05, 0) is 26.8 Å². The molecule has 61 valence electrons. The largest absolute Gasteiger partial charge is 0.314 e. The van der Waals surface area contributed by atoms with E-state index in [1.165, 1.54) is 25.7 Å². The molecule has 0 aromatic rings. The van der Waals surface area contributed by atoms with Crippen LogP contribution in [0.1, 0.15) is 39.5 Å². The summed E-state index contributed by atoms with van der Waals surface area (Å²) in [6.07, 6.45) is 5.34. The van der Waals surface area contributed by atoms with E-state index >= 15 is 0 Å². The number of nitrogens with one attached hydrogen (secondary N) is 1. The van der Waals surface area contributed by atoms with Gasteiger partial charge in [-0.1, -0.05) is 26.2 Å². The van der Waals surface area contributed by atoms with E-state index in [2.05, 4.69) is 26.1 Å². The van der Waals surface area contributed by atoms with Crippen molar-refractivity contribution in [2.24, 2.45) is 0 Å². The second-order valence-corrected chi connectivity index (χ2v) is 2.92. The second kappa shape index (κ2) is 7.07. The first-order valence-corrected chi connectivity index (χ1v) is 4.33. The first-order valence-electron chi connectivity index (χ1n) is 4.33. The molecule has 0 aromatic carbocycles. The van der Waals surface area contributed by atoms with Crippen molar-refractivity contribution >= 4 is 0 Å². The van der Waals surface area contributed by atoms with E-state index in [0.29, 0.717) is 6.04 Å². The van der Waals surface area contributed by atoms with Gasteiger partial charge >= 0.3 is 0 Å². The first-order chi connectivity index (χ1) is 4.77. The Morgan fingerprint density at radius 2 is 2.00 bits per heavy atom. The average molecular weight is 142 g/mol. The van der Waals surface area contributed by atoms with Crippen LogP contribution < -0.4 is 5.32 Å². The Morgan fingerprint density at radius 1 is 1.30 bits per heavy atom. The van der Waals surface area contributed by atoms with Crippen LogP contribution in [0, 0.1) is 6.92 Å². The molecule has 0 saturated heterocycles. The van der Waals surface area contributed by atoms with Crippen LogP contribution in [0.3, 0.4) is 0 Å². The second-order valence-electron chi connectivity index (χ2n) is 2.92. The molecular formula is C9H20N. The summed E-state index contributed by atoms with van der Waals surface area (Å²) >= 11 is 0. The zero-order chi connectivity index (χ0) is 7.82. The summed E-state index contributed by atoms with van der Waals surface area (Å²) < 4.78 is 0. The predicted octanol–water partition coefficient (Wildman–Crippen LogP) is 2.38. The highest BCUT2D eigenvalue weighted by Crippen LogP contribution is 1.97. The number of rotatable bonds is 6. The third kappa shape index (κ3) is 7.96.